The number of rotatable bonds is 4. The maximum Gasteiger partial charge on any atom is 0.100 e. The van der Waals surface area contributed by atoms with Crippen molar-refractivity contribution in [1.29, 1.82) is 0 Å². The predicted octanol–water partition coefficient (Wildman–Crippen LogP) is 1.51. The van der Waals surface area contributed by atoms with Crippen LogP contribution in [0.15, 0.2) is 24.8 Å². The summed E-state index contributed by atoms with van der Waals surface area (Å²) in [7, 11) is 8.61. The van der Waals surface area contributed by atoms with Crippen LogP contribution in [0.1, 0.15) is 19.3 Å². The van der Waals surface area contributed by atoms with Crippen molar-refractivity contribution < 1.29 is 0 Å². The second kappa shape index (κ2) is 4.90. The minimum absolute atomic E-state index is 0.542. The van der Waals surface area contributed by atoms with Crippen molar-refractivity contribution in [1.82, 2.24) is 19.6 Å². The second-order valence-corrected chi connectivity index (χ2v) is 5.15. The van der Waals surface area contributed by atoms with Gasteiger partial charge in [0.05, 0.1) is 0 Å². The Bertz CT molecular complexity index is 259. The third kappa shape index (κ3) is 2.51. The lowest BCUT2D eigenvalue weighted by molar-refractivity contribution is 0.158. The highest BCUT2D eigenvalue weighted by Crippen LogP contribution is 2.21. The molecule has 0 saturated carbocycles. The van der Waals surface area contributed by atoms with Crippen molar-refractivity contribution in [2.45, 2.75) is 31.6 Å². The van der Waals surface area contributed by atoms with Crippen LogP contribution in [0.2, 0.25) is 0 Å². The third-order valence-electron chi connectivity index (χ3n) is 3.88. The molecule has 17 heavy (non-hydrogen) atoms. The summed E-state index contributed by atoms with van der Waals surface area (Å²) < 4.78 is 0. The van der Waals surface area contributed by atoms with E-state index in [9.17, 15) is 0 Å². The number of hydrogen-bond donors (Lipinski definition) is 0. The minimum atomic E-state index is 0.542. The minimum Gasteiger partial charge on any atom is -0.359 e. The summed E-state index contributed by atoms with van der Waals surface area (Å²) in [6.07, 6.45) is 13.4. The first-order chi connectivity index (χ1) is 8.09. The summed E-state index contributed by atoms with van der Waals surface area (Å²) >= 11 is 0. The maximum atomic E-state index is 2.29. The lowest BCUT2D eigenvalue weighted by Crippen LogP contribution is -2.36. The summed E-state index contributed by atoms with van der Waals surface area (Å²) in [6, 6.07) is 0. The SMILES string of the molecule is CN1C=CN(C)C1CCCC1N(C)C=CN1C. The van der Waals surface area contributed by atoms with Crippen molar-refractivity contribution in [2.75, 3.05) is 28.2 Å². The van der Waals surface area contributed by atoms with Crippen LogP contribution in [0.25, 0.3) is 0 Å². The van der Waals surface area contributed by atoms with E-state index >= 15 is 0 Å². The number of nitrogens with zero attached hydrogens (tertiary/aromatic N) is 4. The molecule has 0 N–H and O–H groups in total. The van der Waals surface area contributed by atoms with E-state index in [1.54, 1.807) is 0 Å². The zero-order chi connectivity index (χ0) is 12.4. The standard InChI is InChI=1S/C13H24N4/c1-14-8-9-15(2)12(14)6-5-7-13-16(3)10-11-17(13)4/h8-13H,5-7H2,1-4H3. The van der Waals surface area contributed by atoms with Gasteiger partial charge in [-0.3, -0.25) is 0 Å². The Kier molecular flexibility index (Phi) is 3.50. The molecule has 0 spiro atoms. The van der Waals surface area contributed by atoms with E-state index in [0.29, 0.717) is 12.3 Å². The van der Waals surface area contributed by atoms with Gasteiger partial charge in [0, 0.05) is 53.0 Å². The van der Waals surface area contributed by atoms with Crippen LogP contribution in [0, 0.1) is 0 Å². The Morgan fingerprint density at radius 3 is 1.24 bits per heavy atom. The van der Waals surface area contributed by atoms with Gasteiger partial charge < -0.3 is 19.6 Å². The highest BCUT2D eigenvalue weighted by Gasteiger charge is 2.23. The van der Waals surface area contributed by atoms with E-state index in [4.69, 9.17) is 0 Å². The van der Waals surface area contributed by atoms with Gasteiger partial charge in [-0.1, -0.05) is 0 Å². The lowest BCUT2D eigenvalue weighted by Gasteiger charge is -2.30. The molecule has 4 nitrogen and oxygen atoms in total. The molecule has 0 amide bonds. The fourth-order valence-corrected chi connectivity index (χ4v) is 2.69. The quantitative estimate of drug-likeness (QED) is 0.733. The van der Waals surface area contributed by atoms with Gasteiger partial charge in [-0.2, -0.15) is 0 Å². The first-order valence-corrected chi connectivity index (χ1v) is 6.34. The van der Waals surface area contributed by atoms with Crippen LogP contribution < -0.4 is 0 Å². The molecule has 4 heteroatoms. The molecule has 2 rings (SSSR count). The first-order valence-electron chi connectivity index (χ1n) is 6.34. The summed E-state index contributed by atoms with van der Waals surface area (Å²) in [5.41, 5.74) is 0. The normalized spacial score (nSPS) is 21.4. The molecular formula is C13H24N4. The highest BCUT2D eigenvalue weighted by atomic mass is 15.4. The molecule has 2 heterocycles. The van der Waals surface area contributed by atoms with Gasteiger partial charge in [-0.15, -0.1) is 0 Å². The van der Waals surface area contributed by atoms with Crippen molar-refractivity contribution in [3.63, 3.8) is 0 Å². The fraction of sp³-hybridized carbons (Fsp3) is 0.692. The van der Waals surface area contributed by atoms with Gasteiger partial charge in [0.25, 0.3) is 0 Å². The predicted molar refractivity (Wildman–Crippen MR) is 70.8 cm³/mol. The lowest BCUT2D eigenvalue weighted by atomic mass is 10.1. The van der Waals surface area contributed by atoms with E-state index in [1.807, 2.05) is 0 Å². The Balaban J connectivity index is 1.73. The van der Waals surface area contributed by atoms with Crippen molar-refractivity contribution in [3.05, 3.63) is 24.8 Å². The van der Waals surface area contributed by atoms with Crippen molar-refractivity contribution in [2.24, 2.45) is 0 Å². The Labute approximate surface area is 105 Å². The highest BCUT2D eigenvalue weighted by molar-refractivity contribution is 4.95. The van der Waals surface area contributed by atoms with Crippen LogP contribution in [0.4, 0.5) is 0 Å². The monoisotopic (exact) mass is 236 g/mol. The Morgan fingerprint density at radius 1 is 0.647 bits per heavy atom. The van der Waals surface area contributed by atoms with Crippen LogP contribution >= 0.6 is 0 Å². The summed E-state index contributed by atoms with van der Waals surface area (Å²) in [5.74, 6) is 0. The third-order valence-corrected chi connectivity index (χ3v) is 3.88. The molecule has 2 aliphatic heterocycles. The average molecular weight is 236 g/mol. The van der Waals surface area contributed by atoms with Gasteiger partial charge in [-0.25, -0.2) is 0 Å². The molecule has 0 aromatic rings. The summed E-state index contributed by atoms with van der Waals surface area (Å²) in [6.45, 7) is 0. The van der Waals surface area contributed by atoms with Crippen LogP contribution in [0.5, 0.6) is 0 Å². The first kappa shape index (κ1) is 12.1. The number of hydrogen-bond acceptors (Lipinski definition) is 4. The molecule has 0 bridgehead atoms. The van der Waals surface area contributed by atoms with Gasteiger partial charge in [0.2, 0.25) is 0 Å². The molecule has 0 radical (unpaired) electrons. The van der Waals surface area contributed by atoms with Crippen LogP contribution in [-0.4, -0.2) is 60.1 Å². The molecule has 0 aliphatic carbocycles. The molecule has 0 aromatic carbocycles. The van der Waals surface area contributed by atoms with E-state index in [-0.39, 0.29) is 0 Å². The molecule has 0 aromatic heterocycles. The molecule has 96 valence electrons. The van der Waals surface area contributed by atoms with E-state index < -0.39 is 0 Å². The maximum absolute atomic E-state index is 2.29. The zero-order valence-corrected chi connectivity index (χ0v) is 11.4. The van der Waals surface area contributed by atoms with Crippen LogP contribution in [0.3, 0.4) is 0 Å². The average Bonchev–Trinajstić information content (AvgIpc) is 2.77. The van der Waals surface area contributed by atoms with Gasteiger partial charge in [0.1, 0.15) is 12.3 Å². The van der Waals surface area contributed by atoms with Gasteiger partial charge in [0.15, 0.2) is 0 Å². The molecule has 0 saturated heterocycles. The van der Waals surface area contributed by atoms with Crippen LogP contribution in [-0.2, 0) is 0 Å². The molecule has 2 aliphatic rings. The van der Waals surface area contributed by atoms with Crippen molar-refractivity contribution >= 4 is 0 Å². The van der Waals surface area contributed by atoms with E-state index in [1.165, 1.54) is 19.3 Å². The largest absolute Gasteiger partial charge is 0.359 e. The second-order valence-electron chi connectivity index (χ2n) is 5.15. The molecular weight excluding hydrogens is 212 g/mol. The summed E-state index contributed by atoms with van der Waals surface area (Å²) in [4.78, 5) is 9.17. The van der Waals surface area contributed by atoms with E-state index in [2.05, 4.69) is 72.6 Å². The zero-order valence-electron chi connectivity index (χ0n) is 11.4. The Hall–Kier alpha value is -1.32. The smallest absolute Gasteiger partial charge is 0.100 e. The molecule has 0 unspecified atom stereocenters. The summed E-state index contributed by atoms with van der Waals surface area (Å²) in [5, 5.41) is 0. The van der Waals surface area contributed by atoms with Gasteiger partial charge >= 0.3 is 0 Å². The topological polar surface area (TPSA) is 13.0 Å². The Morgan fingerprint density at radius 2 is 0.941 bits per heavy atom. The van der Waals surface area contributed by atoms with E-state index in [0.717, 1.165) is 0 Å². The molecule has 0 atom stereocenters. The fourth-order valence-electron chi connectivity index (χ4n) is 2.69. The van der Waals surface area contributed by atoms with Crippen molar-refractivity contribution in [3.8, 4) is 0 Å². The molecule has 0 fully saturated rings. The van der Waals surface area contributed by atoms with Gasteiger partial charge in [-0.05, 0) is 19.3 Å².